The predicted molar refractivity (Wildman–Crippen MR) is 111 cm³/mol. The van der Waals surface area contributed by atoms with Gasteiger partial charge >= 0.3 is 12.4 Å². The second-order valence-electron chi connectivity index (χ2n) is 8.29. The number of aryl methyl sites for hydroxylation is 3. The summed E-state index contributed by atoms with van der Waals surface area (Å²) in [6.45, 7) is 7.42. The predicted octanol–water partition coefficient (Wildman–Crippen LogP) is 6.90. The summed E-state index contributed by atoms with van der Waals surface area (Å²) in [7, 11) is 0. The summed E-state index contributed by atoms with van der Waals surface area (Å²) in [4.78, 5) is 0. The van der Waals surface area contributed by atoms with Crippen LogP contribution in [0.5, 0.6) is 5.75 Å². The lowest BCUT2D eigenvalue weighted by atomic mass is 9.69. The van der Waals surface area contributed by atoms with Gasteiger partial charge in [-0.05, 0) is 73.4 Å². The molecule has 0 aliphatic rings. The number of rotatable bonds is 7. The highest BCUT2D eigenvalue weighted by atomic mass is 19.4. The molecule has 32 heavy (non-hydrogen) atoms. The number of hydrogen-bond donors (Lipinski definition) is 2. The fraction of sp³-hybridized carbons (Fsp3) is 0.500. The normalized spacial score (nSPS) is 13.5. The quantitative estimate of drug-likeness (QED) is 0.439. The molecular weight excluding hydrogens is 434 g/mol. The largest absolute Gasteiger partial charge is 0.508 e. The molecule has 0 radical (unpaired) electrons. The van der Waals surface area contributed by atoms with Crippen molar-refractivity contribution in [2.24, 2.45) is 0 Å². The number of halogens is 6. The van der Waals surface area contributed by atoms with E-state index in [4.69, 9.17) is 0 Å². The number of hydrogen-bond acceptors (Lipinski definition) is 2. The van der Waals surface area contributed by atoms with Gasteiger partial charge in [-0.25, -0.2) is 0 Å². The Labute approximate surface area is 183 Å². The van der Waals surface area contributed by atoms with Crippen LogP contribution in [0, 0.1) is 13.8 Å². The second-order valence-corrected chi connectivity index (χ2v) is 8.29. The molecule has 0 aliphatic heterocycles. The van der Waals surface area contributed by atoms with Gasteiger partial charge in [0.05, 0.1) is 0 Å². The zero-order valence-electron chi connectivity index (χ0n) is 18.5. The zero-order chi connectivity index (χ0) is 24.5. The Morgan fingerprint density at radius 3 is 1.62 bits per heavy atom. The van der Waals surface area contributed by atoms with Gasteiger partial charge < -0.3 is 10.2 Å². The lowest BCUT2D eigenvalue weighted by Gasteiger charge is -2.34. The Hall–Kier alpha value is -2.22. The Bertz CT molecular complexity index is 928. The van der Waals surface area contributed by atoms with Gasteiger partial charge in [-0.2, -0.15) is 26.3 Å². The van der Waals surface area contributed by atoms with Crippen LogP contribution in [0.25, 0.3) is 0 Å². The highest BCUT2D eigenvalue weighted by molar-refractivity contribution is 5.46. The number of alkyl halides is 6. The van der Waals surface area contributed by atoms with E-state index in [1.807, 2.05) is 26.0 Å². The second kappa shape index (κ2) is 8.96. The Morgan fingerprint density at radius 2 is 1.22 bits per heavy atom. The highest BCUT2D eigenvalue weighted by Gasteiger charge is 2.69. The van der Waals surface area contributed by atoms with Crippen molar-refractivity contribution in [2.75, 3.05) is 0 Å². The molecule has 0 amide bonds. The van der Waals surface area contributed by atoms with Crippen LogP contribution in [-0.4, -0.2) is 28.2 Å². The van der Waals surface area contributed by atoms with Crippen molar-refractivity contribution < 1.29 is 36.6 Å². The molecule has 0 saturated carbocycles. The zero-order valence-corrected chi connectivity index (χ0v) is 18.5. The molecule has 0 spiro atoms. The van der Waals surface area contributed by atoms with E-state index in [9.17, 15) is 36.6 Å². The van der Waals surface area contributed by atoms with Crippen molar-refractivity contribution in [3.05, 3.63) is 64.2 Å². The molecule has 2 N–H and O–H groups in total. The summed E-state index contributed by atoms with van der Waals surface area (Å²) in [6, 6.07) is 10.4. The minimum absolute atomic E-state index is 0.170. The fourth-order valence-electron chi connectivity index (χ4n) is 4.22. The number of phenolic OH excluding ortho intramolecular Hbond substituents is 1. The molecule has 2 nitrogen and oxygen atoms in total. The summed E-state index contributed by atoms with van der Waals surface area (Å²) in [6.07, 6.45) is -12.3. The molecule has 2 aromatic rings. The van der Waals surface area contributed by atoms with Crippen molar-refractivity contribution in [3.8, 4) is 5.75 Å². The molecule has 0 unspecified atom stereocenters. The number of benzene rings is 2. The van der Waals surface area contributed by atoms with Gasteiger partial charge in [0.25, 0.3) is 5.60 Å². The van der Waals surface area contributed by atoms with Crippen molar-refractivity contribution in [2.45, 2.75) is 76.7 Å². The van der Waals surface area contributed by atoms with E-state index in [1.54, 1.807) is 32.0 Å². The molecule has 0 fully saturated rings. The fourth-order valence-corrected chi connectivity index (χ4v) is 4.22. The molecule has 2 rings (SSSR count). The van der Waals surface area contributed by atoms with Crippen LogP contribution in [-0.2, 0) is 11.8 Å². The van der Waals surface area contributed by atoms with Gasteiger partial charge in [0.2, 0.25) is 0 Å². The topological polar surface area (TPSA) is 40.5 Å². The monoisotopic (exact) mass is 462 g/mol. The summed E-state index contributed by atoms with van der Waals surface area (Å²) in [5, 5.41) is 19.3. The number of aliphatic hydroxyl groups is 1. The first-order valence-corrected chi connectivity index (χ1v) is 10.4. The maximum absolute atomic E-state index is 13.0. The molecule has 0 aromatic heterocycles. The molecule has 0 atom stereocenters. The van der Waals surface area contributed by atoms with Crippen LogP contribution >= 0.6 is 0 Å². The van der Waals surface area contributed by atoms with E-state index in [-0.39, 0.29) is 5.75 Å². The van der Waals surface area contributed by atoms with E-state index >= 15 is 0 Å². The van der Waals surface area contributed by atoms with Gasteiger partial charge in [-0.1, -0.05) is 44.2 Å². The minimum Gasteiger partial charge on any atom is -0.508 e. The Kier molecular flexibility index (Phi) is 7.29. The summed E-state index contributed by atoms with van der Waals surface area (Å²) in [5.41, 5.74) is -1.77. The average Bonchev–Trinajstić information content (AvgIpc) is 2.69. The molecule has 8 heteroatoms. The van der Waals surface area contributed by atoms with Crippen molar-refractivity contribution in [1.29, 1.82) is 0 Å². The van der Waals surface area contributed by atoms with Gasteiger partial charge in [-0.15, -0.1) is 0 Å². The van der Waals surface area contributed by atoms with Crippen molar-refractivity contribution in [1.82, 2.24) is 0 Å². The van der Waals surface area contributed by atoms with Crippen molar-refractivity contribution in [3.63, 3.8) is 0 Å². The van der Waals surface area contributed by atoms with Crippen LogP contribution in [0.4, 0.5) is 26.3 Å². The van der Waals surface area contributed by atoms with E-state index in [0.717, 1.165) is 11.1 Å². The molecule has 0 bridgehead atoms. The maximum atomic E-state index is 13.0. The van der Waals surface area contributed by atoms with E-state index in [2.05, 4.69) is 0 Å². The van der Waals surface area contributed by atoms with Gasteiger partial charge in [0.1, 0.15) is 5.75 Å². The third kappa shape index (κ3) is 4.60. The minimum atomic E-state index is -5.82. The van der Waals surface area contributed by atoms with Gasteiger partial charge in [0.15, 0.2) is 0 Å². The Balaban J connectivity index is 2.42. The highest BCUT2D eigenvalue weighted by Crippen LogP contribution is 2.46. The molecule has 178 valence electrons. The summed E-state index contributed by atoms with van der Waals surface area (Å²) in [5.74, 6) is 0.170. The standard InChI is InChI=1S/C24H28F6O2/c1-5-21(6-2,19-9-10-20(31)16(4)14-19)18-8-7-17(15(3)13-18)11-12-22(32,23(25,26)27)24(28,29)30/h7-10,13-14,31-32H,5-6,11-12H2,1-4H3. The van der Waals surface area contributed by atoms with Gasteiger partial charge in [0, 0.05) is 5.41 Å². The van der Waals surface area contributed by atoms with E-state index < -0.39 is 36.2 Å². The first kappa shape index (κ1) is 26.0. The third-order valence-electron chi connectivity index (χ3n) is 6.55. The molecule has 0 saturated heterocycles. The lowest BCUT2D eigenvalue weighted by Crippen LogP contribution is -2.57. The maximum Gasteiger partial charge on any atom is 0.426 e. The smallest absolute Gasteiger partial charge is 0.426 e. The van der Waals surface area contributed by atoms with E-state index in [0.29, 0.717) is 29.5 Å². The van der Waals surface area contributed by atoms with E-state index in [1.165, 1.54) is 6.07 Å². The third-order valence-corrected chi connectivity index (χ3v) is 6.55. The van der Waals surface area contributed by atoms with Gasteiger partial charge in [-0.3, -0.25) is 0 Å². The van der Waals surface area contributed by atoms with Crippen LogP contribution in [0.1, 0.15) is 60.9 Å². The molecule has 2 aromatic carbocycles. The number of aromatic hydroxyl groups is 1. The summed E-state index contributed by atoms with van der Waals surface area (Å²) >= 11 is 0. The van der Waals surface area contributed by atoms with Crippen molar-refractivity contribution >= 4 is 0 Å². The Morgan fingerprint density at radius 1 is 0.750 bits per heavy atom. The van der Waals surface area contributed by atoms with Crippen LogP contribution in [0.15, 0.2) is 36.4 Å². The SMILES string of the molecule is CCC(CC)(c1ccc(O)c(C)c1)c1ccc(CCC(O)(C(F)(F)F)C(F)(F)F)c(C)c1. The summed E-state index contributed by atoms with van der Waals surface area (Å²) < 4.78 is 77.9. The lowest BCUT2D eigenvalue weighted by molar-refractivity contribution is -0.369. The first-order valence-electron chi connectivity index (χ1n) is 10.4. The molecule has 0 heterocycles. The van der Waals surface area contributed by atoms with Crippen LogP contribution in [0.2, 0.25) is 0 Å². The van der Waals surface area contributed by atoms with Crippen LogP contribution in [0.3, 0.4) is 0 Å². The number of phenols is 1. The first-order chi connectivity index (χ1) is 14.6. The molecule has 0 aliphatic carbocycles. The average molecular weight is 462 g/mol. The van der Waals surface area contributed by atoms with Crippen LogP contribution < -0.4 is 0 Å². The molecular formula is C24H28F6O2.